The number of likely N-dealkylation sites (tertiary alicyclic amines) is 1. The molecule has 0 bridgehead atoms. The fraction of sp³-hybridized carbons (Fsp3) is 0.640. The van der Waals surface area contributed by atoms with E-state index in [1.807, 2.05) is 48.8 Å². The molecule has 1 aromatic rings. The Balaban J connectivity index is 1.57. The van der Waals surface area contributed by atoms with Crippen LogP contribution < -0.4 is 5.32 Å². The molecule has 1 aromatic carbocycles. The number of benzene rings is 1. The molecule has 1 N–H and O–H groups in total. The van der Waals surface area contributed by atoms with Crippen molar-refractivity contribution in [1.82, 2.24) is 20.0 Å². The van der Waals surface area contributed by atoms with Crippen LogP contribution in [0.3, 0.4) is 0 Å². The summed E-state index contributed by atoms with van der Waals surface area (Å²) in [5, 5.41) is 2.97. The van der Waals surface area contributed by atoms with Crippen molar-refractivity contribution in [2.24, 2.45) is 5.92 Å². The van der Waals surface area contributed by atoms with Gasteiger partial charge in [0, 0.05) is 44.8 Å². The standard InChI is InChI=1S/C25H38N4O3/c1-4-19(2)22(26-23(30)21-11-7-5-8-12-21)25(32)29-17-15-27(16-18-29)20(3)24(31)28-13-9-6-10-14-28/h5,7-8,11-12,19-20,22H,4,6,9-10,13-18H2,1-3H3,(H,26,30). The fourth-order valence-electron chi connectivity index (χ4n) is 4.56. The van der Waals surface area contributed by atoms with E-state index in [2.05, 4.69) is 10.2 Å². The topological polar surface area (TPSA) is 73.0 Å². The number of carbonyl (C=O) groups excluding carboxylic acids is 3. The molecule has 2 aliphatic heterocycles. The van der Waals surface area contributed by atoms with E-state index in [1.165, 1.54) is 6.42 Å². The molecule has 0 aliphatic carbocycles. The van der Waals surface area contributed by atoms with Gasteiger partial charge in [0.05, 0.1) is 6.04 Å². The Labute approximate surface area is 192 Å². The molecule has 2 saturated heterocycles. The maximum atomic E-state index is 13.3. The van der Waals surface area contributed by atoms with Gasteiger partial charge in [0.1, 0.15) is 6.04 Å². The number of piperazine rings is 1. The van der Waals surface area contributed by atoms with Gasteiger partial charge in [0.2, 0.25) is 11.8 Å². The SMILES string of the molecule is CCC(C)C(NC(=O)c1ccccc1)C(=O)N1CCN(C(C)C(=O)N2CCCCC2)CC1. The summed E-state index contributed by atoms with van der Waals surface area (Å²) in [7, 11) is 0. The minimum absolute atomic E-state index is 0.0294. The quantitative estimate of drug-likeness (QED) is 0.704. The van der Waals surface area contributed by atoms with E-state index >= 15 is 0 Å². The van der Waals surface area contributed by atoms with E-state index in [-0.39, 0.29) is 29.7 Å². The molecule has 2 heterocycles. The second-order valence-electron chi connectivity index (χ2n) is 9.13. The maximum Gasteiger partial charge on any atom is 0.251 e. The third-order valence-corrected chi connectivity index (χ3v) is 7.00. The summed E-state index contributed by atoms with van der Waals surface area (Å²) in [5.74, 6) is -0.00759. The highest BCUT2D eigenvalue weighted by molar-refractivity contribution is 5.97. The molecule has 3 amide bonds. The smallest absolute Gasteiger partial charge is 0.251 e. The minimum Gasteiger partial charge on any atom is -0.341 e. The number of nitrogens with one attached hydrogen (secondary N) is 1. The molecule has 7 heteroatoms. The van der Waals surface area contributed by atoms with Crippen LogP contribution in [0.2, 0.25) is 0 Å². The Morgan fingerprint density at radius 2 is 1.44 bits per heavy atom. The second-order valence-corrected chi connectivity index (χ2v) is 9.13. The van der Waals surface area contributed by atoms with Crippen molar-refractivity contribution in [3.8, 4) is 0 Å². The lowest BCUT2D eigenvalue weighted by atomic mass is 9.97. The van der Waals surface area contributed by atoms with Crippen molar-refractivity contribution in [3.63, 3.8) is 0 Å². The van der Waals surface area contributed by atoms with Crippen molar-refractivity contribution >= 4 is 17.7 Å². The Bertz CT molecular complexity index is 771. The zero-order valence-corrected chi connectivity index (χ0v) is 19.8. The van der Waals surface area contributed by atoms with Crippen LogP contribution in [0.15, 0.2) is 30.3 Å². The number of rotatable bonds is 7. The lowest BCUT2D eigenvalue weighted by molar-refractivity contribution is -0.140. The molecule has 32 heavy (non-hydrogen) atoms. The fourth-order valence-corrected chi connectivity index (χ4v) is 4.56. The largest absolute Gasteiger partial charge is 0.341 e. The number of nitrogens with zero attached hydrogens (tertiary/aromatic N) is 3. The summed E-state index contributed by atoms with van der Waals surface area (Å²) in [5.41, 5.74) is 0.559. The monoisotopic (exact) mass is 442 g/mol. The molecule has 0 spiro atoms. The molecule has 2 fully saturated rings. The first-order valence-electron chi connectivity index (χ1n) is 12.1. The zero-order chi connectivity index (χ0) is 23.1. The van der Waals surface area contributed by atoms with Crippen LogP contribution in [-0.2, 0) is 9.59 Å². The molecule has 3 unspecified atom stereocenters. The highest BCUT2D eigenvalue weighted by Crippen LogP contribution is 2.17. The van der Waals surface area contributed by atoms with Crippen LogP contribution in [-0.4, -0.2) is 83.8 Å². The van der Waals surface area contributed by atoms with E-state index in [9.17, 15) is 14.4 Å². The van der Waals surface area contributed by atoms with Crippen molar-refractivity contribution in [2.75, 3.05) is 39.3 Å². The minimum atomic E-state index is -0.549. The van der Waals surface area contributed by atoms with Crippen molar-refractivity contribution < 1.29 is 14.4 Å². The lowest BCUT2D eigenvalue weighted by Gasteiger charge is -2.41. The van der Waals surface area contributed by atoms with Gasteiger partial charge in [-0.2, -0.15) is 0 Å². The summed E-state index contributed by atoms with van der Waals surface area (Å²) in [4.78, 5) is 44.9. The van der Waals surface area contributed by atoms with Crippen molar-refractivity contribution in [3.05, 3.63) is 35.9 Å². The maximum absolute atomic E-state index is 13.3. The van der Waals surface area contributed by atoms with E-state index in [0.717, 1.165) is 32.4 Å². The second kappa shape index (κ2) is 11.5. The molecule has 176 valence electrons. The zero-order valence-electron chi connectivity index (χ0n) is 19.8. The third-order valence-electron chi connectivity index (χ3n) is 7.00. The molecular formula is C25H38N4O3. The number of carbonyl (C=O) groups is 3. The first kappa shape index (κ1) is 24.2. The van der Waals surface area contributed by atoms with Crippen LogP contribution >= 0.6 is 0 Å². The van der Waals surface area contributed by atoms with Gasteiger partial charge >= 0.3 is 0 Å². The summed E-state index contributed by atoms with van der Waals surface area (Å²) < 4.78 is 0. The molecule has 3 rings (SSSR count). The Kier molecular flexibility index (Phi) is 8.67. The molecular weight excluding hydrogens is 404 g/mol. The van der Waals surface area contributed by atoms with Gasteiger partial charge in [0.15, 0.2) is 0 Å². The van der Waals surface area contributed by atoms with Crippen molar-refractivity contribution in [2.45, 2.75) is 58.5 Å². The summed E-state index contributed by atoms with van der Waals surface area (Å²) >= 11 is 0. The molecule has 2 aliphatic rings. The molecule has 0 radical (unpaired) electrons. The predicted molar refractivity (Wildman–Crippen MR) is 125 cm³/mol. The average molecular weight is 443 g/mol. The van der Waals surface area contributed by atoms with Gasteiger partial charge in [-0.15, -0.1) is 0 Å². The first-order chi connectivity index (χ1) is 15.4. The summed E-state index contributed by atoms with van der Waals surface area (Å²) in [6.45, 7) is 10.2. The average Bonchev–Trinajstić information content (AvgIpc) is 2.86. The number of hydrogen-bond acceptors (Lipinski definition) is 4. The van der Waals surface area contributed by atoms with Gasteiger partial charge in [-0.25, -0.2) is 0 Å². The van der Waals surface area contributed by atoms with Gasteiger partial charge in [-0.05, 0) is 44.2 Å². The molecule has 0 aromatic heterocycles. The van der Waals surface area contributed by atoms with Gasteiger partial charge < -0.3 is 15.1 Å². The van der Waals surface area contributed by atoms with E-state index in [4.69, 9.17) is 0 Å². The highest BCUT2D eigenvalue weighted by Gasteiger charge is 2.34. The Morgan fingerprint density at radius 3 is 2.03 bits per heavy atom. The van der Waals surface area contributed by atoms with Crippen molar-refractivity contribution in [1.29, 1.82) is 0 Å². The summed E-state index contributed by atoms with van der Waals surface area (Å²) in [6, 6.07) is 8.31. The third kappa shape index (κ3) is 5.88. The molecule has 7 nitrogen and oxygen atoms in total. The molecule has 0 saturated carbocycles. The Hall–Kier alpha value is -2.41. The van der Waals surface area contributed by atoms with Crippen LogP contribution in [0.25, 0.3) is 0 Å². The van der Waals surface area contributed by atoms with E-state index < -0.39 is 6.04 Å². The predicted octanol–water partition coefficient (Wildman–Crippen LogP) is 2.38. The van der Waals surface area contributed by atoms with E-state index in [1.54, 1.807) is 12.1 Å². The van der Waals surface area contributed by atoms with Crippen LogP contribution in [0.1, 0.15) is 56.8 Å². The lowest BCUT2D eigenvalue weighted by Crippen LogP contribution is -2.59. The van der Waals surface area contributed by atoms with Crippen LogP contribution in [0.5, 0.6) is 0 Å². The van der Waals surface area contributed by atoms with Gasteiger partial charge in [0.25, 0.3) is 5.91 Å². The van der Waals surface area contributed by atoms with E-state index in [0.29, 0.717) is 31.7 Å². The van der Waals surface area contributed by atoms with Gasteiger partial charge in [-0.3, -0.25) is 19.3 Å². The van der Waals surface area contributed by atoms with Crippen LogP contribution in [0.4, 0.5) is 0 Å². The number of hydrogen-bond donors (Lipinski definition) is 1. The highest BCUT2D eigenvalue weighted by atomic mass is 16.2. The van der Waals surface area contributed by atoms with Gasteiger partial charge in [-0.1, -0.05) is 38.5 Å². The number of piperidine rings is 1. The normalized spacial score (nSPS) is 20.3. The number of amides is 3. The molecule has 3 atom stereocenters. The Morgan fingerprint density at radius 1 is 0.844 bits per heavy atom. The first-order valence-corrected chi connectivity index (χ1v) is 12.1. The van der Waals surface area contributed by atoms with Crippen LogP contribution in [0, 0.1) is 5.92 Å². The summed E-state index contributed by atoms with van der Waals surface area (Å²) in [6.07, 6.45) is 4.18.